The Labute approximate surface area is 60.2 Å². The molecule has 10 heavy (non-hydrogen) atoms. The minimum atomic E-state index is -0.249. The second-order valence-corrected chi connectivity index (χ2v) is 1.52. The van der Waals surface area contributed by atoms with Crippen LogP contribution in [0.15, 0.2) is 17.8 Å². The Morgan fingerprint density at radius 2 is 2.40 bits per heavy atom. The van der Waals surface area contributed by atoms with Gasteiger partial charge in [-0.15, -0.1) is 0 Å². The van der Waals surface area contributed by atoms with Gasteiger partial charge in [0.25, 0.3) is 0 Å². The number of carbonyl (C=O) groups is 1. The van der Waals surface area contributed by atoms with E-state index in [-0.39, 0.29) is 6.03 Å². The molecule has 0 saturated heterocycles. The van der Waals surface area contributed by atoms with Crippen molar-refractivity contribution in [3.8, 4) is 0 Å². The summed E-state index contributed by atoms with van der Waals surface area (Å²) in [7, 11) is 3.13. The molecule has 0 atom stereocenters. The number of urea groups is 1. The molecule has 0 aliphatic heterocycles. The molecule has 0 fully saturated rings. The summed E-state index contributed by atoms with van der Waals surface area (Å²) in [4.78, 5) is 15.7. The summed E-state index contributed by atoms with van der Waals surface area (Å²) < 4.78 is 0. The molecule has 4 nitrogen and oxygen atoms in total. The van der Waals surface area contributed by atoms with Crippen LogP contribution in [-0.2, 0) is 0 Å². The fourth-order valence-electron chi connectivity index (χ4n) is 0.436. The Bertz CT molecular complexity index is 153. The molecule has 0 aromatic heterocycles. The van der Waals surface area contributed by atoms with E-state index in [1.807, 2.05) is 0 Å². The SMILES string of the molecule is C=CN(C=NC)C(=O)NC. The van der Waals surface area contributed by atoms with Gasteiger partial charge < -0.3 is 5.32 Å². The van der Waals surface area contributed by atoms with Crippen molar-refractivity contribution in [1.82, 2.24) is 10.2 Å². The summed E-state index contributed by atoms with van der Waals surface area (Å²) in [5, 5.41) is 2.43. The van der Waals surface area contributed by atoms with Gasteiger partial charge in [-0.25, -0.2) is 4.79 Å². The Morgan fingerprint density at radius 1 is 1.80 bits per heavy atom. The van der Waals surface area contributed by atoms with Gasteiger partial charge in [-0.2, -0.15) is 0 Å². The molecule has 1 N–H and O–H groups in total. The summed E-state index contributed by atoms with van der Waals surface area (Å²) in [5.74, 6) is 0. The van der Waals surface area contributed by atoms with Gasteiger partial charge in [0.1, 0.15) is 0 Å². The Morgan fingerprint density at radius 3 is 2.70 bits per heavy atom. The van der Waals surface area contributed by atoms with Gasteiger partial charge in [0.05, 0.1) is 6.34 Å². The van der Waals surface area contributed by atoms with Crippen LogP contribution in [0, 0.1) is 0 Å². The topological polar surface area (TPSA) is 44.7 Å². The van der Waals surface area contributed by atoms with E-state index >= 15 is 0 Å². The largest absolute Gasteiger partial charge is 0.340 e. The fraction of sp³-hybridized carbons (Fsp3) is 0.333. The number of nitrogens with zero attached hydrogens (tertiary/aromatic N) is 2. The highest BCUT2D eigenvalue weighted by molar-refractivity contribution is 5.87. The maximum absolute atomic E-state index is 10.8. The third-order valence-corrected chi connectivity index (χ3v) is 0.885. The third kappa shape index (κ3) is 2.30. The molecule has 0 heterocycles. The Hall–Kier alpha value is -1.32. The molecule has 0 saturated carbocycles. The average molecular weight is 141 g/mol. The van der Waals surface area contributed by atoms with E-state index in [0.717, 1.165) is 0 Å². The first kappa shape index (κ1) is 8.68. The summed E-state index contributed by atoms with van der Waals surface area (Å²) in [6.07, 6.45) is 2.76. The number of carbonyl (C=O) groups excluding carboxylic acids is 1. The molecule has 4 heteroatoms. The molecule has 0 rings (SSSR count). The molecule has 56 valence electrons. The Balaban J connectivity index is 4.06. The summed E-state index contributed by atoms with van der Waals surface area (Å²) in [6, 6.07) is -0.249. The monoisotopic (exact) mass is 141 g/mol. The van der Waals surface area contributed by atoms with E-state index in [1.54, 1.807) is 14.1 Å². The molecular formula is C6H11N3O. The lowest BCUT2D eigenvalue weighted by Gasteiger charge is -2.09. The van der Waals surface area contributed by atoms with E-state index in [1.165, 1.54) is 17.4 Å². The highest BCUT2D eigenvalue weighted by Gasteiger charge is 2.01. The molecule has 0 bridgehead atoms. The van der Waals surface area contributed by atoms with E-state index < -0.39 is 0 Å². The number of hydrogen-bond donors (Lipinski definition) is 1. The summed E-state index contributed by atoms with van der Waals surface area (Å²) in [6.45, 7) is 3.42. The molecular weight excluding hydrogens is 130 g/mol. The molecule has 0 aromatic rings. The highest BCUT2D eigenvalue weighted by Crippen LogP contribution is 1.83. The van der Waals surface area contributed by atoms with Crippen LogP contribution in [-0.4, -0.2) is 31.4 Å². The molecule has 0 aliphatic carbocycles. The second kappa shape index (κ2) is 4.55. The minimum absolute atomic E-state index is 0.249. The first-order valence-corrected chi connectivity index (χ1v) is 2.81. The van der Waals surface area contributed by atoms with Crippen molar-refractivity contribution in [2.45, 2.75) is 0 Å². The standard InChI is InChI=1S/C6H11N3O/c1-4-9(5-7-2)6(10)8-3/h4-5H,1H2,2-3H3,(H,8,10). The first-order valence-electron chi connectivity index (χ1n) is 2.81. The predicted molar refractivity (Wildman–Crippen MR) is 40.9 cm³/mol. The van der Waals surface area contributed by atoms with Crippen LogP contribution in [0.5, 0.6) is 0 Å². The van der Waals surface area contributed by atoms with Gasteiger partial charge in [-0.3, -0.25) is 9.89 Å². The number of hydrogen-bond acceptors (Lipinski definition) is 2. The van der Waals surface area contributed by atoms with Crippen molar-refractivity contribution in [2.24, 2.45) is 4.99 Å². The molecule has 0 aliphatic rings. The molecule has 0 aromatic carbocycles. The fourth-order valence-corrected chi connectivity index (χ4v) is 0.436. The van der Waals surface area contributed by atoms with Gasteiger partial charge in [-0.1, -0.05) is 6.58 Å². The first-order chi connectivity index (χ1) is 4.76. The van der Waals surface area contributed by atoms with Crippen LogP contribution < -0.4 is 5.32 Å². The Kier molecular flexibility index (Phi) is 3.95. The van der Waals surface area contributed by atoms with Crippen molar-refractivity contribution in [1.29, 1.82) is 0 Å². The lowest BCUT2D eigenvalue weighted by molar-refractivity contribution is 0.233. The van der Waals surface area contributed by atoms with Crippen LogP contribution in [0.1, 0.15) is 0 Å². The van der Waals surface area contributed by atoms with Crippen molar-refractivity contribution in [3.63, 3.8) is 0 Å². The zero-order chi connectivity index (χ0) is 7.98. The smallest absolute Gasteiger partial charge is 0.326 e. The molecule has 0 unspecified atom stereocenters. The van der Waals surface area contributed by atoms with E-state index in [9.17, 15) is 4.79 Å². The lowest BCUT2D eigenvalue weighted by Crippen LogP contribution is -2.32. The number of aliphatic imine (C=N–C) groups is 1. The van der Waals surface area contributed by atoms with E-state index in [2.05, 4.69) is 16.9 Å². The number of rotatable bonds is 2. The quantitative estimate of drug-likeness (QED) is 0.440. The minimum Gasteiger partial charge on any atom is -0.340 e. The van der Waals surface area contributed by atoms with Gasteiger partial charge in [0, 0.05) is 20.3 Å². The zero-order valence-corrected chi connectivity index (χ0v) is 6.16. The van der Waals surface area contributed by atoms with Crippen LogP contribution >= 0.6 is 0 Å². The van der Waals surface area contributed by atoms with Gasteiger partial charge in [0.2, 0.25) is 0 Å². The van der Waals surface area contributed by atoms with E-state index in [4.69, 9.17) is 0 Å². The molecule has 2 amide bonds. The predicted octanol–water partition coefficient (Wildman–Crippen LogP) is 0.429. The molecule has 0 radical (unpaired) electrons. The van der Waals surface area contributed by atoms with Crippen molar-refractivity contribution in [2.75, 3.05) is 14.1 Å². The van der Waals surface area contributed by atoms with Crippen LogP contribution in [0.3, 0.4) is 0 Å². The van der Waals surface area contributed by atoms with Crippen molar-refractivity contribution >= 4 is 12.4 Å². The normalized spacial score (nSPS) is 9.40. The van der Waals surface area contributed by atoms with Crippen molar-refractivity contribution in [3.05, 3.63) is 12.8 Å². The lowest BCUT2D eigenvalue weighted by atomic mass is 10.7. The molecule has 0 spiro atoms. The van der Waals surface area contributed by atoms with Crippen LogP contribution in [0.25, 0.3) is 0 Å². The van der Waals surface area contributed by atoms with Crippen LogP contribution in [0.2, 0.25) is 0 Å². The van der Waals surface area contributed by atoms with Gasteiger partial charge in [-0.05, 0) is 0 Å². The maximum Gasteiger partial charge on any atom is 0.326 e. The second-order valence-electron chi connectivity index (χ2n) is 1.52. The highest BCUT2D eigenvalue weighted by atomic mass is 16.2. The van der Waals surface area contributed by atoms with Crippen LogP contribution in [0.4, 0.5) is 4.79 Å². The summed E-state index contributed by atoms with van der Waals surface area (Å²) in [5.41, 5.74) is 0. The maximum atomic E-state index is 10.8. The van der Waals surface area contributed by atoms with Crippen molar-refractivity contribution < 1.29 is 4.79 Å². The third-order valence-electron chi connectivity index (χ3n) is 0.885. The summed E-state index contributed by atoms with van der Waals surface area (Å²) >= 11 is 0. The van der Waals surface area contributed by atoms with Gasteiger partial charge in [0.15, 0.2) is 0 Å². The van der Waals surface area contributed by atoms with Gasteiger partial charge >= 0.3 is 6.03 Å². The number of nitrogens with one attached hydrogen (secondary N) is 1. The average Bonchev–Trinajstić information content (AvgIpc) is 1.99. The zero-order valence-electron chi connectivity index (χ0n) is 6.16. The number of amides is 2. The van der Waals surface area contributed by atoms with E-state index in [0.29, 0.717) is 0 Å².